The number of ether oxygens (including phenoxy) is 1. The molecular weight excluding hydrogens is 427 g/mol. The lowest BCUT2D eigenvalue weighted by Gasteiger charge is -2.16. The summed E-state index contributed by atoms with van der Waals surface area (Å²) in [5.41, 5.74) is 5.53. The average Bonchev–Trinajstić information content (AvgIpc) is 2.74. The third kappa shape index (κ3) is 17.5. The average molecular weight is 473 g/mol. The molecular formula is C25H45O6P. The quantitative estimate of drug-likeness (QED) is 0.132. The Morgan fingerprint density at radius 3 is 1.72 bits per heavy atom. The first kappa shape index (κ1) is 31.0. The highest BCUT2D eigenvalue weighted by atomic mass is 31.2. The Labute approximate surface area is 196 Å². The maximum Gasteiger partial charge on any atom is 0.474 e. The maximum absolute atomic E-state index is 11.7. The second-order valence-electron chi connectivity index (χ2n) is 8.35. The molecule has 0 spiro atoms. The van der Waals surface area contributed by atoms with Gasteiger partial charge in [-0.15, -0.1) is 0 Å². The summed E-state index contributed by atoms with van der Waals surface area (Å²) in [4.78, 5) is 0. The van der Waals surface area contributed by atoms with Crippen molar-refractivity contribution in [3.8, 4) is 0 Å². The number of hydrogen-bond donors (Lipinski definition) is 1. The lowest BCUT2D eigenvalue weighted by molar-refractivity contribution is 0.0106. The summed E-state index contributed by atoms with van der Waals surface area (Å²) >= 11 is 0. The van der Waals surface area contributed by atoms with Gasteiger partial charge >= 0.3 is 7.82 Å². The first-order valence-electron chi connectivity index (χ1n) is 11.3. The Morgan fingerprint density at radius 2 is 1.25 bits per heavy atom. The van der Waals surface area contributed by atoms with E-state index in [9.17, 15) is 9.67 Å². The topological polar surface area (TPSA) is 74.2 Å². The summed E-state index contributed by atoms with van der Waals surface area (Å²) in [6.45, 7) is 11.1. The lowest BCUT2D eigenvalue weighted by atomic mass is 10.0. The van der Waals surface area contributed by atoms with Crippen molar-refractivity contribution in [3.05, 3.63) is 46.6 Å². The molecule has 1 atom stereocenters. The summed E-state index contributed by atoms with van der Waals surface area (Å²) in [5, 5.41) is 9.82. The van der Waals surface area contributed by atoms with Gasteiger partial charge in [0.2, 0.25) is 0 Å². The highest BCUT2D eigenvalue weighted by Crippen LogP contribution is 2.47. The van der Waals surface area contributed by atoms with Crippen LogP contribution >= 0.6 is 7.82 Å². The normalized spacial score (nSPS) is 14.6. The van der Waals surface area contributed by atoms with Gasteiger partial charge in [0.1, 0.15) is 6.10 Å². The minimum atomic E-state index is -3.57. The van der Waals surface area contributed by atoms with E-state index in [-0.39, 0.29) is 13.2 Å². The van der Waals surface area contributed by atoms with Crippen LogP contribution < -0.4 is 0 Å². The predicted octanol–water partition coefficient (Wildman–Crippen LogP) is 6.93. The number of phosphoric ester groups is 1. The monoisotopic (exact) mass is 472 g/mol. The van der Waals surface area contributed by atoms with Gasteiger partial charge in [0, 0.05) is 14.2 Å². The van der Waals surface area contributed by atoms with Gasteiger partial charge in [-0.25, -0.2) is 4.57 Å². The van der Waals surface area contributed by atoms with E-state index in [1.165, 1.54) is 36.5 Å². The van der Waals surface area contributed by atoms with Crippen LogP contribution in [-0.2, 0) is 22.9 Å². The molecule has 1 N–H and O–H groups in total. The van der Waals surface area contributed by atoms with E-state index >= 15 is 0 Å². The fourth-order valence-corrected chi connectivity index (χ4v) is 3.51. The van der Waals surface area contributed by atoms with Crippen LogP contribution in [0.4, 0.5) is 0 Å². The van der Waals surface area contributed by atoms with Crippen molar-refractivity contribution in [3.63, 3.8) is 0 Å². The molecule has 0 aliphatic rings. The van der Waals surface area contributed by atoms with Gasteiger partial charge in [0.25, 0.3) is 0 Å². The van der Waals surface area contributed by atoms with E-state index in [1.807, 2.05) is 6.08 Å². The molecule has 0 aliphatic heterocycles. The second-order valence-corrected chi connectivity index (χ2v) is 10.2. The van der Waals surface area contributed by atoms with Crippen molar-refractivity contribution >= 4 is 7.82 Å². The minimum absolute atomic E-state index is 0.0808. The van der Waals surface area contributed by atoms with Crippen LogP contribution in [0.1, 0.15) is 73.1 Å². The molecule has 0 aromatic carbocycles. The van der Waals surface area contributed by atoms with Crippen LogP contribution in [0.3, 0.4) is 0 Å². The highest BCUT2D eigenvalue weighted by molar-refractivity contribution is 7.48. The van der Waals surface area contributed by atoms with Crippen molar-refractivity contribution in [2.45, 2.75) is 79.2 Å². The van der Waals surface area contributed by atoms with E-state index in [1.54, 1.807) is 0 Å². The standard InChI is InChI=1S/C25H45O6P/c1-21(2)11-8-12-22(3)13-9-14-23(4)15-10-16-24(5)17-18-30-19-25(26)20-31-32(27,28-6)29-7/h11,13,15,17,25-26H,8-10,12,14,16,18-20H2,1-7H3/b22-13+,23-15+,24-17+/t25-/m1/s1. The molecule has 0 unspecified atom stereocenters. The summed E-state index contributed by atoms with van der Waals surface area (Å²) in [6, 6.07) is 0. The van der Waals surface area contributed by atoms with Crippen molar-refractivity contribution < 1.29 is 28.0 Å². The third-order valence-corrected chi connectivity index (χ3v) is 6.25. The molecule has 0 fully saturated rings. The largest absolute Gasteiger partial charge is 0.474 e. The molecule has 7 heteroatoms. The van der Waals surface area contributed by atoms with Crippen molar-refractivity contribution in [2.75, 3.05) is 34.0 Å². The molecule has 6 nitrogen and oxygen atoms in total. The van der Waals surface area contributed by atoms with Crippen molar-refractivity contribution in [2.24, 2.45) is 0 Å². The van der Waals surface area contributed by atoms with Crippen molar-refractivity contribution in [1.29, 1.82) is 0 Å². The number of aliphatic hydroxyl groups is 1. The maximum atomic E-state index is 11.7. The fraction of sp³-hybridized carbons (Fsp3) is 0.680. The predicted molar refractivity (Wildman–Crippen MR) is 133 cm³/mol. The summed E-state index contributed by atoms with van der Waals surface area (Å²) in [6.07, 6.45) is 14.6. The summed E-state index contributed by atoms with van der Waals surface area (Å²) < 4.78 is 31.4. The summed E-state index contributed by atoms with van der Waals surface area (Å²) in [7, 11) is -1.12. The zero-order valence-corrected chi connectivity index (χ0v) is 22.1. The van der Waals surface area contributed by atoms with Crippen LogP contribution in [-0.4, -0.2) is 45.3 Å². The number of allylic oxidation sites excluding steroid dienone is 7. The number of rotatable bonds is 18. The van der Waals surface area contributed by atoms with Gasteiger partial charge in [0.15, 0.2) is 0 Å². The number of aliphatic hydroxyl groups excluding tert-OH is 1. The molecule has 186 valence electrons. The first-order chi connectivity index (χ1) is 15.1. The molecule has 0 amide bonds. The lowest BCUT2D eigenvalue weighted by Crippen LogP contribution is -2.21. The molecule has 0 rings (SSSR count). The van der Waals surface area contributed by atoms with Crippen LogP contribution in [0.15, 0.2) is 46.6 Å². The third-order valence-electron chi connectivity index (χ3n) is 4.89. The van der Waals surface area contributed by atoms with Gasteiger partial charge in [0.05, 0.1) is 19.8 Å². The van der Waals surface area contributed by atoms with E-state index in [2.05, 4.69) is 61.9 Å². The smallest absolute Gasteiger partial charge is 0.388 e. The Morgan fingerprint density at radius 1 is 0.781 bits per heavy atom. The molecule has 0 aromatic heterocycles. The SMILES string of the molecule is COP(=O)(OC)OC[C@H](O)COC/C=C(\C)CC/C=C(\C)CC/C=C(\C)CCC=C(C)C. The van der Waals surface area contributed by atoms with E-state index in [4.69, 9.17) is 9.26 Å². The minimum Gasteiger partial charge on any atom is -0.388 e. The Kier molecular flexibility index (Phi) is 17.8. The molecule has 0 heterocycles. The molecule has 32 heavy (non-hydrogen) atoms. The molecule has 0 aliphatic carbocycles. The molecule has 0 saturated heterocycles. The Hall–Kier alpha value is -1.01. The Bertz CT molecular complexity index is 666. The zero-order valence-electron chi connectivity index (χ0n) is 21.2. The van der Waals surface area contributed by atoms with Crippen molar-refractivity contribution in [1.82, 2.24) is 0 Å². The summed E-state index contributed by atoms with van der Waals surface area (Å²) in [5.74, 6) is 0. The van der Waals surface area contributed by atoms with Crippen LogP contribution in [0.2, 0.25) is 0 Å². The number of hydrogen-bond acceptors (Lipinski definition) is 6. The molecule has 0 bridgehead atoms. The van der Waals surface area contributed by atoms with Gasteiger partial charge < -0.3 is 9.84 Å². The van der Waals surface area contributed by atoms with Crippen LogP contribution in [0.25, 0.3) is 0 Å². The van der Waals surface area contributed by atoms with E-state index in [0.717, 1.165) is 38.5 Å². The molecule has 0 radical (unpaired) electrons. The van der Waals surface area contributed by atoms with Gasteiger partial charge in [-0.3, -0.25) is 13.6 Å². The fourth-order valence-electron chi connectivity index (χ4n) is 2.80. The number of phosphoric acid groups is 1. The van der Waals surface area contributed by atoms with E-state index < -0.39 is 13.9 Å². The molecule has 0 saturated carbocycles. The second kappa shape index (κ2) is 18.4. The zero-order chi connectivity index (χ0) is 24.4. The van der Waals surface area contributed by atoms with Crippen LogP contribution in [0, 0.1) is 0 Å². The van der Waals surface area contributed by atoms with E-state index in [0.29, 0.717) is 6.61 Å². The van der Waals surface area contributed by atoms with Crippen LogP contribution in [0.5, 0.6) is 0 Å². The Balaban J connectivity index is 4.04. The van der Waals surface area contributed by atoms with Gasteiger partial charge in [-0.05, 0) is 73.1 Å². The van der Waals surface area contributed by atoms with Gasteiger partial charge in [-0.1, -0.05) is 46.6 Å². The van der Waals surface area contributed by atoms with Gasteiger partial charge in [-0.2, -0.15) is 0 Å². The first-order valence-corrected chi connectivity index (χ1v) is 12.8. The molecule has 0 aromatic rings. The highest BCUT2D eigenvalue weighted by Gasteiger charge is 2.24.